The van der Waals surface area contributed by atoms with Crippen LogP contribution in [0.25, 0.3) is 10.9 Å². The van der Waals surface area contributed by atoms with E-state index in [0.29, 0.717) is 22.2 Å². The molecule has 0 unspecified atom stereocenters. The molecule has 2 aromatic carbocycles. The van der Waals surface area contributed by atoms with Crippen LogP contribution in [0.15, 0.2) is 59.7 Å². The van der Waals surface area contributed by atoms with Gasteiger partial charge in [0.2, 0.25) is 5.91 Å². The molecule has 0 bridgehead atoms. The molecule has 4 atom stereocenters. The number of aromatic nitrogens is 2. The number of anilines is 1. The minimum Gasteiger partial charge on any atom is -0.381 e. The van der Waals surface area contributed by atoms with Crippen LogP contribution in [0.1, 0.15) is 24.9 Å². The summed E-state index contributed by atoms with van der Waals surface area (Å²) in [6, 6.07) is 12.4. The van der Waals surface area contributed by atoms with Gasteiger partial charge in [0.15, 0.2) is 0 Å². The zero-order valence-corrected chi connectivity index (χ0v) is 16.1. The van der Waals surface area contributed by atoms with Crippen molar-refractivity contribution < 1.29 is 14.7 Å². The predicted octanol–water partition coefficient (Wildman–Crippen LogP) is 1.13. The standard InChI is InChI=1S/C22H18N4O4/c1-12-18(27)26-16-9-5-3-7-14(16)22(30)10-17(20(29)25(12)21(22)26)24-11-23-15-8-4-2-6-13(15)19(24)28/h2-9,11-12,17,21,30H,10H2,1H3/t12-,17-,21-,22-/m0/s1. The Hall–Kier alpha value is -3.52. The van der Waals surface area contributed by atoms with Crippen molar-refractivity contribution in [3.8, 4) is 0 Å². The summed E-state index contributed by atoms with van der Waals surface area (Å²) in [5, 5.41) is 12.2. The van der Waals surface area contributed by atoms with Crippen molar-refractivity contribution in [2.24, 2.45) is 0 Å². The summed E-state index contributed by atoms with van der Waals surface area (Å²) in [4.78, 5) is 47.0. The second kappa shape index (κ2) is 5.54. The van der Waals surface area contributed by atoms with Gasteiger partial charge >= 0.3 is 0 Å². The van der Waals surface area contributed by atoms with E-state index in [1.807, 2.05) is 0 Å². The van der Waals surface area contributed by atoms with Crippen LogP contribution in [0.2, 0.25) is 0 Å². The molecule has 2 saturated heterocycles. The number of hydrogen-bond acceptors (Lipinski definition) is 5. The first-order valence-electron chi connectivity index (χ1n) is 9.86. The van der Waals surface area contributed by atoms with Gasteiger partial charge in [-0.15, -0.1) is 0 Å². The van der Waals surface area contributed by atoms with Crippen LogP contribution < -0.4 is 10.5 Å². The normalized spacial score (nSPS) is 29.5. The lowest BCUT2D eigenvalue weighted by molar-refractivity contribution is -0.158. The Kier molecular flexibility index (Phi) is 3.21. The molecule has 0 radical (unpaired) electrons. The van der Waals surface area contributed by atoms with Crippen LogP contribution in [-0.2, 0) is 15.2 Å². The van der Waals surface area contributed by atoms with Crippen LogP contribution >= 0.6 is 0 Å². The zero-order valence-electron chi connectivity index (χ0n) is 16.1. The second-order valence-corrected chi connectivity index (χ2v) is 8.14. The molecule has 0 saturated carbocycles. The highest BCUT2D eigenvalue weighted by Crippen LogP contribution is 2.55. The number of amides is 2. The van der Waals surface area contributed by atoms with Crippen molar-refractivity contribution in [3.05, 3.63) is 70.8 Å². The number of rotatable bonds is 1. The number of aliphatic hydroxyl groups is 1. The number of carbonyl (C=O) groups excluding carboxylic acids is 2. The van der Waals surface area contributed by atoms with E-state index in [-0.39, 0.29) is 23.8 Å². The number of piperidine rings is 1. The number of carbonyl (C=O) groups is 2. The topological polar surface area (TPSA) is 95.7 Å². The number of hydrogen-bond donors (Lipinski definition) is 1. The molecule has 3 aliphatic heterocycles. The predicted molar refractivity (Wildman–Crippen MR) is 108 cm³/mol. The monoisotopic (exact) mass is 402 g/mol. The molecule has 2 fully saturated rings. The molecule has 3 aliphatic rings. The van der Waals surface area contributed by atoms with E-state index in [0.717, 1.165) is 0 Å². The van der Waals surface area contributed by atoms with Gasteiger partial charge in [0.1, 0.15) is 23.9 Å². The molecule has 4 heterocycles. The number of benzene rings is 2. The molecular formula is C22H18N4O4. The van der Waals surface area contributed by atoms with Gasteiger partial charge in [0.05, 0.1) is 22.9 Å². The van der Waals surface area contributed by atoms with E-state index >= 15 is 0 Å². The quantitative estimate of drug-likeness (QED) is 0.658. The third kappa shape index (κ3) is 1.89. The largest absolute Gasteiger partial charge is 0.381 e. The van der Waals surface area contributed by atoms with Crippen molar-refractivity contribution >= 4 is 28.4 Å². The van der Waals surface area contributed by atoms with Crippen LogP contribution in [0.5, 0.6) is 0 Å². The van der Waals surface area contributed by atoms with E-state index in [1.54, 1.807) is 55.5 Å². The Morgan fingerprint density at radius 2 is 1.77 bits per heavy atom. The maximum atomic E-state index is 13.5. The molecule has 2 amide bonds. The lowest BCUT2D eigenvalue weighted by atomic mass is 9.82. The van der Waals surface area contributed by atoms with Gasteiger partial charge in [-0.2, -0.15) is 0 Å². The highest BCUT2D eigenvalue weighted by Gasteiger charge is 2.66. The van der Waals surface area contributed by atoms with E-state index in [9.17, 15) is 19.5 Å². The summed E-state index contributed by atoms with van der Waals surface area (Å²) in [6.07, 6.45) is 0.545. The number of para-hydroxylation sites is 2. The molecule has 6 rings (SSSR count). The van der Waals surface area contributed by atoms with Gasteiger partial charge in [0.25, 0.3) is 11.5 Å². The van der Waals surface area contributed by atoms with Gasteiger partial charge in [-0.1, -0.05) is 30.3 Å². The summed E-state index contributed by atoms with van der Waals surface area (Å²) >= 11 is 0. The van der Waals surface area contributed by atoms with E-state index in [4.69, 9.17) is 0 Å². The van der Waals surface area contributed by atoms with Crippen LogP contribution in [0, 0.1) is 0 Å². The average Bonchev–Trinajstić information content (AvgIpc) is 3.18. The third-order valence-electron chi connectivity index (χ3n) is 6.65. The first-order valence-corrected chi connectivity index (χ1v) is 9.86. The lowest BCUT2D eigenvalue weighted by Gasteiger charge is -2.44. The summed E-state index contributed by atoms with van der Waals surface area (Å²) < 4.78 is 1.29. The summed E-state index contributed by atoms with van der Waals surface area (Å²) in [5.74, 6) is -0.596. The number of fused-ring (bicyclic) bond motifs is 4. The highest BCUT2D eigenvalue weighted by atomic mass is 16.3. The van der Waals surface area contributed by atoms with Crippen molar-refractivity contribution in [2.75, 3.05) is 4.90 Å². The smallest absolute Gasteiger partial charge is 0.261 e. The Morgan fingerprint density at radius 1 is 1.03 bits per heavy atom. The SMILES string of the molecule is C[C@H]1C(=O)N2c3ccccc3[C@@]3(O)C[C@H](n4cnc5ccccc5c4=O)C(=O)N1[C@@H]23. The third-order valence-corrected chi connectivity index (χ3v) is 6.65. The van der Waals surface area contributed by atoms with Gasteiger partial charge < -0.3 is 10.0 Å². The Labute approximate surface area is 171 Å². The molecule has 150 valence electrons. The molecule has 30 heavy (non-hydrogen) atoms. The molecule has 8 heteroatoms. The fourth-order valence-electron chi connectivity index (χ4n) is 5.26. The first kappa shape index (κ1) is 17.3. The van der Waals surface area contributed by atoms with Crippen molar-refractivity contribution in [3.63, 3.8) is 0 Å². The first-order chi connectivity index (χ1) is 14.4. The fourth-order valence-corrected chi connectivity index (χ4v) is 5.26. The van der Waals surface area contributed by atoms with Gasteiger partial charge in [-0.25, -0.2) is 4.98 Å². The summed E-state index contributed by atoms with van der Waals surface area (Å²) in [6.45, 7) is 1.66. The van der Waals surface area contributed by atoms with Crippen molar-refractivity contribution in [1.82, 2.24) is 14.5 Å². The lowest BCUT2D eigenvalue weighted by Crippen LogP contribution is -2.61. The fraction of sp³-hybridized carbons (Fsp3) is 0.273. The minimum absolute atomic E-state index is 0.0135. The molecule has 3 aromatic rings. The van der Waals surface area contributed by atoms with E-state index in [2.05, 4.69) is 4.98 Å². The van der Waals surface area contributed by atoms with Crippen LogP contribution in [0.3, 0.4) is 0 Å². The zero-order chi connectivity index (χ0) is 20.8. The van der Waals surface area contributed by atoms with Gasteiger partial charge in [-0.3, -0.25) is 23.9 Å². The maximum Gasteiger partial charge on any atom is 0.261 e. The Morgan fingerprint density at radius 3 is 2.60 bits per heavy atom. The molecule has 1 aromatic heterocycles. The maximum absolute atomic E-state index is 13.5. The minimum atomic E-state index is -1.47. The molecule has 0 spiro atoms. The Balaban J connectivity index is 1.57. The number of nitrogens with zero attached hydrogens (tertiary/aromatic N) is 4. The van der Waals surface area contributed by atoms with Gasteiger partial charge in [0, 0.05) is 12.0 Å². The van der Waals surface area contributed by atoms with Crippen molar-refractivity contribution in [1.29, 1.82) is 0 Å². The van der Waals surface area contributed by atoms with Crippen molar-refractivity contribution in [2.45, 2.75) is 37.2 Å². The van der Waals surface area contributed by atoms with Gasteiger partial charge in [-0.05, 0) is 25.1 Å². The Bertz CT molecular complexity index is 1320. The summed E-state index contributed by atoms with van der Waals surface area (Å²) in [7, 11) is 0. The summed E-state index contributed by atoms with van der Waals surface area (Å²) in [5.41, 5.74) is -0.0647. The van der Waals surface area contributed by atoms with Crippen LogP contribution in [-0.4, -0.2) is 43.6 Å². The molecule has 0 aliphatic carbocycles. The van der Waals surface area contributed by atoms with E-state index < -0.39 is 23.9 Å². The van der Waals surface area contributed by atoms with E-state index in [1.165, 1.54) is 20.7 Å². The highest BCUT2D eigenvalue weighted by molar-refractivity contribution is 6.06. The second-order valence-electron chi connectivity index (χ2n) is 8.14. The molecule has 1 N–H and O–H groups in total. The van der Waals surface area contributed by atoms with Crippen LogP contribution in [0.4, 0.5) is 5.69 Å². The molecule has 8 nitrogen and oxygen atoms in total. The average molecular weight is 402 g/mol. The molecular weight excluding hydrogens is 384 g/mol.